The van der Waals surface area contributed by atoms with Crippen LogP contribution in [0.1, 0.15) is 32.3 Å². The van der Waals surface area contributed by atoms with Gasteiger partial charge in [0.1, 0.15) is 0 Å². The molecule has 1 aliphatic carbocycles. The number of halogens is 1. The fourth-order valence-electron chi connectivity index (χ4n) is 2.83. The van der Waals surface area contributed by atoms with Gasteiger partial charge in [-0.15, -0.1) is 0 Å². The lowest BCUT2D eigenvalue weighted by atomic mass is 9.53. The van der Waals surface area contributed by atoms with Gasteiger partial charge >= 0.3 is 5.97 Å². The van der Waals surface area contributed by atoms with Crippen molar-refractivity contribution in [3.63, 3.8) is 0 Å². The smallest absolute Gasteiger partial charge is 0.316 e. The largest absolute Gasteiger partial charge is 0.468 e. The Morgan fingerprint density at radius 2 is 1.84 bits per heavy atom. The van der Waals surface area contributed by atoms with Crippen LogP contribution in [0.15, 0.2) is 28.7 Å². The van der Waals surface area contributed by atoms with Crippen LogP contribution in [0.4, 0.5) is 0 Å². The minimum Gasteiger partial charge on any atom is -0.468 e. The Labute approximate surface area is 122 Å². The number of methoxy groups -OCH3 is 1. The highest BCUT2D eigenvalue weighted by Gasteiger charge is 2.60. The van der Waals surface area contributed by atoms with E-state index in [0.29, 0.717) is 12.8 Å². The van der Waals surface area contributed by atoms with Crippen molar-refractivity contribution in [3.05, 3.63) is 34.3 Å². The highest BCUT2D eigenvalue weighted by atomic mass is 79.9. The summed E-state index contributed by atoms with van der Waals surface area (Å²) < 4.78 is 5.92. The normalized spacial score (nSPS) is 30.0. The predicted octanol–water partition coefficient (Wildman–Crippen LogP) is 3.04. The van der Waals surface area contributed by atoms with Crippen LogP contribution in [0.25, 0.3) is 0 Å². The second-order valence-corrected chi connectivity index (χ2v) is 6.61. The van der Waals surface area contributed by atoms with E-state index in [4.69, 9.17) is 4.74 Å². The Morgan fingerprint density at radius 1 is 1.32 bits per heavy atom. The average Bonchev–Trinajstić information content (AvgIpc) is 2.34. The third-order valence-corrected chi connectivity index (χ3v) is 4.79. The molecule has 0 bridgehead atoms. The molecule has 0 heterocycles. The fourth-order valence-corrected chi connectivity index (χ4v) is 3.10. The van der Waals surface area contributed by atoms with Crippen molar-refractivity contribution >= 4 is 21.9 Å². The molecule has 19 heavy (non-hydrogen) atoms. The van der Waals surface area contributed by atoms with Gasteiger partial charge in [0.2, 0.25) is 0 Å². The van der Waals surface area contributed by atoms with Gasteiger partial charge in [0.25, 0.3) is 0 Å². The topological polar surface area (TPSA) is 46.5 Å². The van der Waals surface area contributed by atoms with Crippen molar-refractivity contribution in [2.24, 2.45) is 5.92 Å². The van der Waals surface area contributed by atoms with E-state index >= 15 is 0 Å². The molecule has 1 aromatic carbocycles. The van der Waals surface area contributed by atoms with E-state index in [2.05, 4.69) is 15.9 Å². The third-order valence-electron chi connectivity index (χ3n) is 4.26. The molecule has 4 heteroatoms. The average molecular weight is 327 g/mol. The van der Waals surface area contributed by atoms with Crippen LogP contribution in [0.5, 0.6) is 0 Å². The van der Waals surface area contributed by atoms with Gasteiger partial charge in [-0.2, -0.15) is 0 Å². The van der Waals surface area contributed by atoms with E-state index < -0.39 is 11.0 Å². The first-order valence-corrected chi connectivity index (χ1v) is 7.20. The number of ether oxygens (including phenoxy) is 1. The predicted molar refractivity (Wildman–Crippen MR) is 76.9 cm³/mol. The van der Waals surface area contributed by atoms with E-state index in [1.165, 1.54) is 7.11 Å². The minimum atomic E-state index is -0.777. The highest BCUT2D eigenvalue weighted by Crippen LogP contribution is 2.54. The summed E-state index contributed by atoms with van der Waals surface area (Å²) in [5.74, 6) is -0.138. The van der Waals surface area contributed by atoms with Crippen LogP contribution < -0.4 is 0 Å². The number of aliphatic hydroxyl groups is 1. The van der Waals surface area contributed by atoms with Gasteiger partial charge in [-0.1, -0.05) is 41.9 Å². The number of hydrogen-bond acceptors (Lipinski definition) is 3. The maximum Gasteiger partial charge on any atom is 0.316 e. The Bertz CT molecular complexity index is 473. The first-order chi connectivity index (χ1) is 8.84. The minimum absolute atomic E-state index is 0.126. The maximum atomic E-state index is 12.2. The van der Waals surface area contributed by atoms with Gasteiger partial charge in [-0.25, -0.2) is 0 Å². The quantitative estimate of drug-likeness (QED) is 0.868. The second kappa shape index (κ2) is 4.91. The van der Waals surface area contributed by atoms with Crippen molar-refractivity contribution in [1.82, 2.24) is 0 Å². The molecule has 3 nitrogen and oxygen atoms in total. The standard InChI is InChI=1S/C15H19BrO3/c1-10(2)15(18)8-14(9-15,13(17)19-3)11-4-6-12(16)7-5-11/h4-7,10,18H,8-9H2,1-3H3. The molecule has 0 aliphatic heterocycles. The Hall–Kier alpha value is -0.870. The van der Waals surface area contributed by atoms with Gasteiger partial charge in [0.05, 0.1) is 18.1 Å². The zero-order valence-electron chi connectivity index (χ0n) is 11.4. The van der Waals surface area contributed by atoms with Crippen LogP contribution in [0.2, 0.25) is 0 Å². The number of esters is 1. The van der Waals surface area contributed by atoms with Gasteiger partial charge in [0, 0.05) is 4.47 Å². The van der Waals surface area contributed by atoms with Gasteiger partial charge < -0.3 is 9.84 Å². The number of benzene rings is 1. The lowest BCUT2D eigenvalue weighted by Gasteiger charge is -2.53. The summed E-state index contributed by atoms with van der Waals surface area (Å²) >= 11 is 3.39. The molecule has 104 valence electrons. The molecule has 0 aromatic heterocycles. The number of carbonyl (C=O) groups excluding carboxylic acids is 1. The SMILES string of the molecule is COC(=O)C1(c2ccc(Br)cc2)CC(O)(C(C)C)C1. The van der Waals surface area contributed by atoms with E-state index in [1.807, 2.05) is 38.1 Å². The molecule has 0 atom stereocenters. The summed E-state index contributed by atoms with van der Waals surface area (Å²) in [6.45, 7) is 3.95. The van der Waals surface area contributed by atoms with E-state index in [-0.39, 0.29) is 11.9 Å². The monoisotopic (exact) mass is 326 g/mol. The second-order valence-electron chi connectivity index (χ2n) is 5.69. The zero-order valence-corrected chi connectivity index (χ0v) is 13.0. The summed E-state index contributed by atoms with van der Waals surface area (Å²) in [6, 6.07) is 7.65. The summed E-state index contributed by atoms with van der Waals surface area (Å²) in [5.41, 5.74) is -0.566. The summed E-state index contributed by atoms with van der Waals surface area (Å²) in [5, 5.41) is 10.5. The molecule has 0 amide bonds. The molecular weight excluding hydrogens is 308 g/mol. The van der Waals surface area contributed by atoms with Crippen molar-refractivity contribution < 1.29 is 14.6 Å². The molecule has 0 radical (unpaired) electrons. The summed E-state index contributed by atoms with van der Waals surface area (Å²) in [4.78, 5) is 12.2. The Morgan fingerprint density at radius 3 is 2.26 bits per heavy atom. The van der Waals surface area contributed by atoms with Crippen LogP contribution in [-0.2, 0) is 14.9 Å². The number of carbonyl (C=O) groups is 1. The Balaban J connectivity index is 2.35. The zero-order chi connectivity index (χ0) is 14.3. The molecule has 2 rings (SSSR count). The third kappa shape index (κ3) is 2.32. The molecule has 0 spiro atoms. The van der Waals surface area contributed by atoms with E-state index in [1.54, 1.807) is 0 Å². The molecule has 1 N–H and O–H groups in total. The summed E-state index contributed by atoms with van der Waals surface area (Å²) in [7, 11) is 1.40. The summed E-state index contributed by atoms with van der Waals surface area (Å²) in [6.07, 6.45) is 0.845. The molecule has 1 saturated carbocycles. The van der Waals surface area contributed by atoms with Crippen LogP contribution in [0.3, 0.4) is 0 Å². The number of rotatable bonds is 3. The highest BCUT2D eigenvalue weighted by molar-refractivity contribution is 9.10. The molecule has 0 saturated heterocycles. The van der Waals surface area contributed by atoms with Crippen molar-refractivity contribution in [3.8, 4) is 0 Å². The van der Waals surface area contributed by atoms with Crippen molar-refractivity contribution in [1.29, 1.82) is 0 Å². The maximum absolute atomic E-state index is 12.2. The molecule has 1 aromatic rings. The molecule has 1 aliphatic rings. The van der Waals surface area contributed by atoms with Gasteiger partial charge in [-0.3, -0.25) is 4.79 Å². The van der Waals surface area contributed by atoms with Crippen LogP contribution in [0, 0.1) is 5.92 Å². The number of hydrogen-bond donors (Lipinski definition) is 1. The molecular formula is C15H19BrO3. The molecule has 0 unspecified atom stereocenters. The van der Waals surface area contributed by atoms with Gasteiger partial charge in [-0.05, 0) is 36.5 Å². The van der Waals surface area contributed by atoms with E-state index in [9.17, 15) is 9.90 Å². The first kappa shape index (κ1) is 14.5. The van der Waals surface area contributed by atoms with Gasteiger partial charge in [0.15, 0.2) is 0 Å². The first-order valence-electron chi connectivity index (χ1n) is 6.41. The van der Waals surface area contributed by atoms with Crippen molar-refractivity contribution in [2.75, 3.05) is 7.11 Å². The lowest BCUT2D eigenvalue weighted by molar-refractivity contribution is -0.175. The van der Waals surface area contributed by atoms with Crippen LogP contribution in [-0.4, -0.2) is 23.8 Å². The fraction of sp³-hybridized carbons (Fsp3) is 0.533. The molecule has 1 fully saturated rings. The Kier molecular flexibility index (Phi) is 3.76. The van der Waals surface area contributed by atoms with Crippen LogP contribution >= 0.6 is 15.9 Å². The lowest BCUT2D eigenvalue weighted by Crippen LogP contribution is -2.61. The van der Waals surface area contributed by atoms with E-state index in [0.717, 1.165) is 10.0 Å². The van der Waals surface area contributed by atoms with Crippen molar-refractivity contribution in [2.45, 2.75) is 37.7 Å².